The van der Waals surface area contributed by atoms with Crippen molar-refractivity contribution in [2.75, 3.05) is 14.2 Å². The smallest absolute Gasteiger partial charge is 0.147 e. The number of hydrogen-bond donors (Lipinski definition) is 0. The maximum absolute atomic E-state index is 5.47. The first-order valence-electron chi connectivity index (χ1n) is 7.72. The molecule has 0 spiro atoms. The van der Waals surface area contributed by atoms with Gasteiger partial charge in [-0.15, -0.1) is 0 Å². The van der Waals surface area contributed by atoms with Crippen molar-refractivity contribution in [3.8, 4) is 28.6 Å². The molecule has 124 valence electrons. The van der Waals surface area contributed by atoms with Crippen LogP contribution in [0.4, 0.5) is 0 Å². The van der Waals surface area contributed by atoms with Crippen molar-refractivity contribution >= 4 is 0 Å². The van der Waals surface area contributed by atoms with Crippen LogP contribution in [0.25, 0.3) is 17.1 Å². The molecule has 3 rings (SSSR count). The Balaban J connectivity index is 2.08. The second-order valence-corrected chi connectivity index (χ2v) is 5.64. The Morgan fingerprint density at radius 2 is 1.75 bits per heavy atom. The number of nitrogens with zero attached hydrogens (tertiary/aromatic N) is 4. The van der Waals surface area contributed by atoms with Crippen LogP contribution in [0.15, 0.2) is 43.0 Å². The second-order valence-electron chi connectivity index (χ2n) is 5.64. The molecule has 0 aliphatic carbocycles. The van der Waals surface area contributed by atoms with Crippen molar-refractivity contribution in [3.05, 3.63) is 48.8 Å². The van der Waals surface area contributed by atoms with Crippen LogP contribution in [-0.4, -0.2) is 33.7 Å². The molecule has 24 heavy (non-hydrogen) atoms. The molecule has 0 aliphatic heterocycles. The highest BCUT2D eigenvalue weighted by Crippen LogP contribution is 2.30. The molecule has 0 saturated heterocycles. The molecular weight excluding hydrogens is 304 g/mol. The van der Waals surface area contributed by atoms with Gasteiger partial charge in [0.25, 0.3) is 0 Å². The molecule has 0 saturated carbocycles. The van der Waals surface area contributed by atoms with E-state index in [1.165, 1.54) is 0 Å². The Morgan fingerprint density at radius 3 is 2.38 bits per heavy atom. The Hall–Kier alpha value is -2.89. The van der Waals surface area contributed by atoms with Crippen LogP contribution in [0, 0.1) is 0 Å². The van der Waals surface area contributed by atoms with Crippen molar-refractivity contribution < 1.29 is 9.47 Å². The molecule has 1 aromatic carbocycles. The Labute approximate surface area is 141 Å². The first kappa shape index (κ1) is 16.0. The van der Waals surface area contributed by atoms with Gasteiger partial charge in [0.2, 0.25) is 0 Å². The standard InChI is InChI=1S/C18H20N4O2/c1-12(2)17-20-10-13(11-21-17)18-19-7-8-22(18)15-9-14(23-3)5-6-16(15)24-4/h5-12H,1-4H3. The van der Waals surface area contributed by atoms with Gasteiger partial charge in [0.1, 0.15) is 23.1 Å². The SMILES string of the molecule is COc1ccc(OC)c(-n2ccnc2-c2cnc(C(C)C)nc2)c1. The van der Waals surface area contributed by atoms with Crippen LogP contribution >= 0.6 is 0 Å². The monoisotopic (exact) mass is 324 g/mol. The predicted octanol–water partition coefficient (Wildman–Crippen LogP) is 3.47. The minimum Gasteiger partial charge on any atom is -0.497 e. The van der Waals surface area contributed by atoms with Crippen LogP contribution in [-0.2, 0) is 0 Å². The minimum atomic E-state index is 0.289. The van der Waals surface area contributed by atoms with E-state index in [1.54, 1.807) is 32.8 Å². The molecule has 3 aromatic rings. The van der Waals surface area contributed by atoms with E-state index in [-0.39, 0.29) is 5.92 Å². The molecule has 0 fully saturated rings. The molecule has 0 N–H and O–H groups in total. The number of hydrogen-bond acceptors (Lipinski definition) is 5. The molecule has 0 bridgehead atoms. The van der Waals surface area contributed by atoms with E-state index in [2.05, 4.69) is 28.8 Å². The number of methoxy groups -OCH3 is 2. The summed E-state index contributed by atoms with van der Waals surface area (Å²) < 4.78 is 12.7. The molecule has 0 atom stereocenters. The van der Waals surface area contributed by atoms with Crippen LogP contribution < -0.4 is 9.47 Å². The van der Waals surface area contributed by atoms with Gasteiger partial charge < -0.3 is 9.47 Å². The van der Waals surface area contributed by atoms with E-state index in [4.69, 9.17) is 9.47 Å². The summed E-state index contributed by atoms with van der Waals surface area (Å²) in [6.45, 7) is 4.13. The van der Waals surface area contributed by atoms with Gasteiger partial charge in [0.05, 0.1) is 25.5 Å². The molecule has 2 aromatic heterocycles. The summed E-state index contributed by atoms with van der Waals surface area (Å²) >= 11 is 0. The third-order valence-corrected chi connectivity index (χ3v) is 3.73. The highest BCUT2D eigenvalue weighted by molar-refractivity contribution is 5.60. The molecule has 0 amide bonds. The first-order valence-corrected chi connectivity index (χ1v) is 7.72. The lowest BCUT2D eigenvalue weighted by atomic mass is 10.2. The lowest BCUT2D eigenvalue weighted by Crippen LogP contribution is -2.02. The summed E-state index contributed by atoms with van der Waals surface area (Å²) in [7, 11) is 3.28. The van der Waals surface area contributed by atoms with Crippen molar-refractivity contribution in [3.63, 3.8) is 0 Å². The van der Waals surface area contributed by atoms with E-state index < -0.39 is 0 Å². The molecule has 6 nitrogen and oxygen atoms in total. The van der Waals surface area contributed by atoms with Gasteiger partial charge in [0.15, 0.2) is 0 Å². The maximum Gasteiger partial charge on any atom is 0.147 e. The number of benzene rings is 1. The normalized spacial score (nSPS) is 10.9. The zero-order valence-corrected chi connectivity index (χ0v) is 14.2. The van der Waals surface area contributed by atoms with E-state index in [0.717, 1.165) is 34.4 Å². The largest absolute Gasteiger partial charge is 0.497 e. The van der Waals surface area contributed by atoms with Gasteiger partial charge in [-0.25, -0.2) is 15.0 Å². The molecular formula is C18H20N4O2. The van der Waals surface area contributed by atoms with Gasteiger partial charge in [-0.05, 0) is 12.1 Å². The van der Waals surface area contributed by atoms with Crippen LogP contribution in [0.1, 0.15) is 25.6 Å². The van der Waals surface area contributed by atoms with Crippen LogP contribution in [0.5, 0.6) is 11.5 Å². The first-order chi connectivity index (χ1) is 11.6. The fraction of sp³-hybridized carbons (Fsp3) is 0.278. The van der Waals surface area contributed by atoms with Crippen LogP contribution in [0.3, 0.4) is 0 Å². The zero-order chi connectivity index (χ0) is 17.1. The fourth-order valence-electron chi connectivity index (χ4n) is 2.45. The summed E-state index contributed by atoms with van der Waals surface area (Å²) in [5.74, 6) is 3.33. The quantitative estimate of drug-likeness (QED) is 0.719. The van der Waals surface area contributed by atoms with Gasteiger partial charge in [-0.3, -0.25) is 4.57 Å². The summed E-state index contributed by atoms with van der Waals surface area (Å²) in [4.78, 5) is 13.3. The van der Waals surface area contributed by atoms with Gasteiger partial charge in [-0.1, -0.05) is 13.8 Å². The minimum absolute atomic E-state index is 0.289. The van der Waals surface area contributed by atoms with Crippen molar-refractivity contribution in [1.82, 2.24) is 19.5 Å². The number of aromatic nitrogens is 4. The second kappa shape index (κ2) is 6.70. The van der Waals surface area contributed by atoms with Crippen molar-refractivity contribution in [1.29, 1.82) is 0 Å². The molecule has 6 heteroatoms. The van der Waals surface area contributed by atoms with E-state index in [0.29, 0.717) is 0 Å². The zero-order valence-electron chi connectivity index (χ0n) is 14.2. The topological polar surface area (TPSA) is 62.1 Å². The number of rotatable bonds is 5. The van der Waals surface area contributed by atoms with E-state index >= 15 is 0 Å². The van der Waals surface area contributed by atoms with Crippen molar-refractivity contribution in [2.45, 2.75) is 19.8 Å². The Kier molecular flexibility index (Phi) is 4.46. The average molecular weight is 324 g/mol. The molecule has 0 unspecified atom stereocenters. The number of imidazole rings is 1. The lowest BCUT2D eigenvalue weighted by Gasteiger charge is -2.13. The van der Waals surface area contributed by atoms with Crippen LogP contribution in [0.2, 0.25) is 0 Å². The number of ether oxygens (including phenoxy) is 2. The Bertz CT molecular complexity index is 825. The fourth-order valence-corrected chi connectivity index (χ4v) is 2.45. The maximum atomic E-state index is 5.47. The predicted molar refractivity (Wildman–Crippen MR) is 91.8 cm³/mol. The Morgan fingerprint density at radius 1 is 1.00 bits per heavy atom. The van der Waals surface area contributed by atoms with E-state index in [9.17, 15) is 0 Å². The highest BCUT2D eigenvalue weighted by atomic mass is 16.5. The molecule has 0 aliphatic rings. The summed E-state index contributed by atoms with van der Waals surface area (Å²) in [5.41, 5.74) is 1.69. The van der Waals surface area contributed by atoms with Gasteiger partial charge in [-0.2, -0.15) is 0 Å². The third kappa shape index (κ3) is 2.95. The van der Waals surface area contributed by atoms with Gasteiger partial charge >= 0.3 is 0 Å². The van der Waals surface area contributed by atoms with E-state index in [1.807, 2.05) is 29.0 Å². The van der Waals surface area contributed by atoms with Crippen molar-refractivity contribution in [2.24, 2.45) is 0 Å². The average Bonchev–Trinajstić information content (AvgIpc) is 3.10. The highest BCUT2D eigenvalue weighted by Gasteiger charge is 2.14. The summed E-state index contributed by atoms with van der Waals surface area (Å²) in [6, 6.07) is 5.64. The lowest BCUT2D eigenvalue weighted by molar-refractivity contribution is 0.401. The molecule has 2 heterocycles. The van der Waals surface area contributed by atoms with Gasteiger partial charge in [0, 0.05) is 36.8 Å². The third-order valence-electron chi connectivity index (χ3n) is 3.73. The molecule has 0 radical (unpaired) electrons. The summed E-state index contributed by atoms with van der Waals surface area (Å²) in [6.07, 6.45) is 7.22. The summed E-state index contributed by atoms with van der Waals surface area (Å²) in [5, 5.41) is 0.